The number of benzene rings is 2. The van der Waals surface area contributed by atoms with Crippen LogP contribution in [0.1, 0.15) is 155 Å². The fraction of sp³-hybridized carbons (Fsp3) is 0.700. The first kappa shape index (κ1) is 60.3. The number of carbonyl (C=O) groups excluding carboxylic acids is 4. The zero-order valence-corrected chi connectivity index (χ0v) is 48.9. The van der Waals surface area contributed by atoms with Crippen molar-refractivity contribution in [3.63, 3.8) is 0 Å². The fourth-order valence-corrected chi connectivity index (χ4v) is 13.7. The second-order valence-corrected chi connectivity index (χ2v) is 24.3. The number of aliphatic hydroxyl groups is 1. The summed E-state index contributed by atoms with van der Waals surface area (Å²) in [6, 6.07) is 3.30. The number of rotatable bonds is 13. The zero-order chi connectivity index (χ0) is 59.2. The number of likely N-dealkylation sites (N-methyl/N-ethyl adjacent to an activating group) is 2. The standard InChI is InChI=1S/C60H80N2O21/c1-12-60(70)24-40(79-43-20-32(61(8)9)56(29(6)73-43)81-45-23-38-57(30(7)75-45)83-59-39(77-38)22-36(65)26(3)76-59)47-50(54(69)48-49(53(47)68)52(67)46-31(51(48)66)14-13-15-35(46)64)58(60)82-44-21-33(62(10)11)55(28(5)74-44)80-42-19-17-37(27(4)72-42)78-41-18-16-34(63)25(2)71-41/h13-16,18,25-30,32-33,37-45,55-59,64,68-70H,12,17,19-24H2,1-11H3/t25-,26-,27+,28+,29-,30-,32+,33-,37-,38-,39-,40+,41-,42-,43+,44-,45-,55+,56-,57+,58+,59-,60-/m0/s1. The highest BCUT2D eigenvalue weighted by molar-refractivity contribution is 6.31. The molecule has 0 aromatic heterocycles. The second kappa shape index (κ2) is 23.7. The van der Waals surface area contributed by atoms with Crippen LogP contribution in [0.15, 0.2) is 30.4 Å². The molecular formula is C60H80N2O21. The first-order valence-electron chi connectivity index (χ1n) is 29.3. The predicted molar refractivity (Wildman–Crippen MR) is 288 cm³/mol. The molecule has 4 N–H and O–H groups in total. The van der Waals surface area contributed by atoms with Gasteiger partial charge in [-0.3, -0.25) is 19.2 Å². The topological polar surface area (TPSA) is 276 Å². The van der Waals surface area contributed by atoms with E-state index in [1.165, 1.54) is 24.3 Å². The van der Waals surface area contributed by atoms with Gasteiger partial charge in [0.25, 0.3) is 0 Å². The summed E-state index contributed by atoms with van der Waals surface area (Å²) in [6.45, 7) is 12.6. The molecular weight excluding hydrogens is 1080 g/mol. The maximum atomic E-state index is 14.6. The molecule has 23 atom stereocenters. The highest BCUT2D eigenvalue weighted by Crippen LogP contribution is 2.58. The van der Waals surface area contributed by atoms with Crippen LogP contribution in [0.2, 0.25) is 0 Å². The number of Topliss-reactive ketones (excluding diaryl/α,β-unsaturated/α-hetero) is 1. The lowest BCUT2D eigenvalue weighted by molar-refractivity contribution is -0.371. The van der Waals surface area contributed by atoms with Gasteiger partial charge < -0.3 is 91.8 Å². The Bertz CT molecular complexity index is 2830. The summed E-state index contributed by atoms with van der Waals surface area (Å²) in [4.78, 5) is 57.6. The zero-order valence-electron chi connectivity index (χ0n) is 48.9. The molecule has 0 unspecified atom stereocenters. The third-order valence-electron chi connectivity index (χ3n) is 18.3. The average Bonchev–Trinajstić information content (AvgIpc) is 1.62. The molecule has 0 saturated carbocycles. The van der Waals surface area contributed by atoms with Crippen molar-refractivity contribution in [1.29, 1.82) is 0 Å². The van der Waals surface area contributed by atoms with Crippen LogP contribution >= 0.6 is 0 Å². The normalized spacial score (nSPS) is 41.8. The van der Waals surface area contributed by atoms with Crippen molar-refractivity contribution in [2.24, 2.45) is 0 Å². The highest BCUT2D eigenvalue weighted by Gasteiger charge is 2.56. The molecule has 0 spiro atoms. The minimum atomic E-state index is -1.88. The smallest absolute Gasteiger partial charge is 0.202 e. The summed E-state index contributed by atoms with van der Waals surface area (Å²) < 4.78 is 83.8. The number of ether oxygens (including phenoxy) is 13. The van der Waals surface area contributed by atoms with Gasteiger partial charge in [0.15, 0.2) is 55.1 Å². The van der Waals surface area contributed by atoms with E-state index >= 15 is 0 Å². The van der Waals surface area contributed by atoms with Crippen molar-refractivity contribution in [3.05, 3.63) is 63.7 Å². The minimum Gasteiger partial charge on any atom is -0.507 e. The molecule has 456 valence electrons. The molecule has 23 nitrogen and oxygen atoms in total. The first-order valence-corrected chi connectivity index (χ1v) is 29.3. The quantitative estimate of drug-likeness (QED) is 0.166. The summed E-state index contributed by atoms with van der Waals surface area (Å²) in [5.74, 6) is -3.80. The molecule has 0 bridgehead atoms. The van der Waals surface area contributed by atoms with E-state index in [-0.39, 0.29) is 90.2 Å². The van der Waals surface area contributed by atoms with Crippen LogP contribution in [0.3, 0.4) is 0 Å². The van der Waals surface area contributed by atoms with E-state index in [0.29, 0.717) is 19.3 Å². The summed E-state index contributed by atoms with van der Waals surface area (Å²) in [5, 5.41) is 49.4. The number of carbonyl (C=O) groups is 4. The SMILES string of the molecule is CC[C@]1(O)C[C@@H](O[C@@H]2C[C@@H](N(C)C)[C@@H](O[C@H]3C[C@@H]4O[C@H]5CC(=O)[C@H](C)O[C@H]5O[C@@H]4[C@H](C)O3)[C@H](C)O2)c2c(O)c3c(c(O)c2[C@H]1O[C@H]1C[C@H](N(C)C)[C@H](O[C@H]2CC[C@H](O[C@H]4C=CC(=O)[C@H](C)O4)[C@@H](C)O2)[C@@H](C)O1)C(=O)c1cccc(O)c1C3=O. The Balaban J connectivity index is 0.845. The third kappa shape index (κ3) is 11.4. The van der Waals surface area contributed by atoms with Crippen molar-refractivity contribution in [1.82, 2.24) is 9.80 Å². The summed E-state index contributed by atoms with van der Waals surface area (Å²) in [6.07, 6.45) is -9.03. The number of aromatic hydroxyl groups is 3. The van der Waals surface area contributed by atoms with E-state index in [9.17, 15) is 39.6 Å². The first-order chi connectivity index (χ1) is 39.4. The van der Waals surface area contributed by atoms with Gasteiger partial charge in [-0.1, -0.05) is 19.1 Å². The molecule has 2 aromatic carbocycles. The van der Waals surface area contributed by atoms with E-state index in [1.807, 2.05) is 65.7 Å². The summed E-state index contributed by atoms with van der Waals surface area (Å²) in [5.41, 5.74) is -3.72. The van der Waals surface area contributed by atoms with Crippen LogP contribution in [0, 0.1) is 0 Å². The molecule has 6 saturated heterocycles. The van der Waals surface area contributed by atoms with Crippen LogP contribution < -0.4 is 0 Å². The molecule has 7 aliphatic heterocycles. The predicted octanol–water partition coefficient (Wildman–Crippen LogP) is 4.91. The van der Waals surface area contributed by atoms with Crippen molar-refractivity contribution in [2.75, 3.05) is 28.2 Å². The van der Waals surface area contributed by atoms with Gasteiger partial charge in [-0.25, -0.2) is 0 Å². The maximum Gasteiger partial charge on any atom is 0.202 e. The molecule has 7 heterocycles. The Kier molecular flexibility index (Phi) is 17.2. The number of nitrogens with zero attached hydrogens (tertiary/aromatic N) is 2. The number of phenols is 3. The van der Waals surface area contributed by atoms with Crippen LogP contribution in [0.25, 0.3) is 0 Å². The molecule has 6 fully saturated rings. The fourth-order valence-electron chi connectivity index (χ4n) is 13.7. The van der Waals surface area contributed by atoms with Crippen LogP contribution in [-0.4, -0.2) is 210 Å². The van der Waals surface area contributed by atoms with E-state index in [1.54, 1.807) is 26.8 Å². The van der Waals surface area contributed by atoms with Crippen molar-refractivity contribution < 1.29 is 101 Å². The second-order valence-electron chi connectivity index (χ2n) is 24.3. The molecule has 9 aliphatic rings. The maximum absolute atomic E-state index is 14.6. The average molecular weight is 1170 g/mol. The lowest BCUT2D eigenvalue weighted by atomic mass is 9.70. The molecule has 11 rings (SSSR count). The number of phenolic OH excluding ortho intramolecular Hbond substituents is 3. The Morgan fingerprint density at radius 2 is 1.23 bits per heavy atom. The monoisotopic (exact) mass is 1160 g/mol. The van der Waals surface area contributed by atoms with Gasteiger partial charge in [-0.05, 0) is 101 Å². The third-order valence-corrected chi connectivity index (χ3v) is 18.3. The Hall–Kier alpha value is -4.38. The number of hydrogen-bond donors (Lipinski definition) is 4. The van der Waals surface area contributed by atoms with Crippen LogP contribution in [0.4, 0.5) is 0 Å². The Morgan fingerprint density at radius 1 is 0.614 bits per heavy atom. The molecule has 2 aromatic rings. The molecule has 2 aliphatic carbocycles. The van der Waals surface area contributed by atoms with Gasteiger partial charge >= 0.3 is 0 Å². The van der Waals surface area contributed by atoms with E-state index in [0.717, 1.165) is 0 Å². The lowest BCUT2D eigenvalue weighted by Gasteiger charge is -2.51. The molecule has 0 amide bonds. The van der Waals surface area contributed by atoms with Crippen LogP contribution in [-0.2, 0) is 71.2 Å². The Morgan fingerprint density at radius 3 is 1.88 bits per heavy atom. The van der Waals surface area contributed by atoms with Gasteiger partial charge in [0.1, 0.15) is 60.0 Å². The summed E-state index contributed by atoms with van der Waals surface area (Å²) in [7, 11) is 7.59. The van der Waals surface area contributed by atoms with Gasteiger partial charge in [-0.15, -0.1) is 0 Å². The number of hydrogen-bond acceptors (Lipinski definition) is 23. The highest BCUT2D eigenvalue weighted by atomic mass is 16.8. The van der Waals surface area contributed by atoms with Gasteiger partial charge in [0.2, 0.25) is 5.78 Å². The van der Waals surface area contributed by atoms with Crippen molar-refractivity contribution in [2.45, 2.75) is 241 Å². The van der Waals surface area contributed by atoms with E-state index in [2.05, 4.69) is 0 Å². The molecule has 0 radical (unpaired) electrons. The van der Waals surface area contributed by atoms with Crippen molar-refractivity contribution >= 4 is 23.1 Å². The molecule has 23 heteroatoms. The van der Waals surface area contributed by atoms with Gasteiger partial charge in [0, 0.05) is 67.3 Å². The molecule has 83 heavy (non-hydrogen) atoms. The Labute approximate surface area is 482 Å². The number of fused-ring (bicyclic) bond motifs is 5. The summed E-state index contributed by atoms with van der Waals surface area (Å²) >= 11 is 0. The van der Waals surface area contributed by atoms with E-state index in [4.69, 9.17) is 61.6 Å². The van der Waals surface area contributed by atoms with Gasteiger partial charge in [0.05, 0.1) is 65.0 Å². The van der Waals surface area contributed by atoms with Crippen LogP contribution in [0.5, 0.6) is 17.2 Å². The minimum absolute atomic E-state index is 0.0175. The largest absolute Gasteiger partial charge is 0.507 e. The van der Waals surface area contributed by atoms with Crippen molar-refractivity contribution in [3.8, 4) is 17.2 Å². The lowest BCUT2D eigenvalue weighted by Crippen LogP contribution is -2.62. The van der Waals surface area contributed by atoms with E-state index < -0.39 is 157 Å². The number of ketones is 4. The van der Waals surface area contributed by atoms with Gasteiger partial charge in [-0.2, -0.15) is 0 Å².